The average Bonchev–Trinajstić information content (AvgIpc) is 3.17. The van der Waals surface area contributed by atoms with E-state index in [0.29, 0.717) is 23.8 Å². The van der Waals surface area contributed by atoms with Crippen LogP contribution in [0.1, 0.15) is 32.3 Å². The van der Waals surface area contributed by atoms with Crippen molar-refractivity contribution in [2.45, 2.75) is 44.0 Å². The number of hydrogen-bond donors (Lipinski definition) is 1. The maximum Gasteiger partial charge on any atom is 0.240 e. The summed E-state index contributed by atoms with van der Waals surface area (Å²) in [5.41, 5.74) is 1.75. The van der Waals surface area contributed by atoms with E-state index in [1.807, 2.05) is 6.92 Å². The number of hydrogen-bond acceptors (Lipinski definition) is 3. The number of sulfonamides is 1. The molecule has 0 aromatic heterocycles. The fourth-order valence-electron chi connectivity index (χ4n) is 2.88. The highest BCUT2D eigenvalue weighted by molar-refractivity contribution is 7.89. The van der Waals surface area contributed by atoms with Crippen LogP contribution < -0.4 is 9.62 Å². The second-order valence-electron chi connectivity index (χ2n) is 5.96. The molecule has 1 N–H and O–H groups in total. The maximum absolute atomic E-state index is 12.4. The number of anilines is 1. The van der Waals surface area contributed by atoms with Gasteiger partial charge < -0.3 is 4.90 Å². The van der Waals surface area contributed by atoms with Crippen LogP contribution in [0.5, 0.6) is 0 Å². The molecule has 1 fully saturated rings. The first-order chi connectivity index (χ1) is 9.88. The van der Waals surface area contributed by atoms with Crippen molar-refractivity contribution in [3.8, 4) is 0 Å². The van der Waals surface area contributed by atoms with E-state index in [1.54, 1.807) is 23.1 Å². The van der Waals surface area contributed by atoms with Crippen molar-refractivity contribution in [3.05, 3.63) is 23.8 Å². The van der Waals surface area contributed by atoms with Gasteiger partial charge in [0.1, 0.15) is 0 Å². The third-order valence-electron chi connectivity index (χ3n) is 4.31. The van der Waals surface area contributed by atoms with E-state index in [4.69, 9.17) is 0 Å². The molecule has 0 bridgehead atoms. The van der Waals surface area contributed by atoms with Gasteiger partial charge in [0.2, 0.25) is 15.9 Å². The van der Waals surface area contributed by atoms with E-state index >= 15 is 0 Å². The Balaban J connectivity index is 1.85. The number of rotatable bonds is 4. The molecule has 1 aromatic carbocycles. The Morgan fingerprint density at radius 3 is 2.71 bits per heavy atom. The first kappa shape index (κ1) is 14.5. The zero-order valence-electron chi connectivity index (χ0n) is 12.3. The molecule has 0 spiro atoms. The summed E-state index contributed by atoms with van der Waals surface area (Å²) < 4.78 is 27.5. The SMILES string of the molecule is CC(=O)N1CCc2cc(S(=O)(=O)NC(C)C3CC3)ccc21. The summed E-state index contributed by atoms with van der Waals surface area (Å²) in [5.74, 6) is 0.465. The van der Waals surface area contributed by atoms with Gasteiger partial charge in [-0.1, -0.05) is 0 Å². The highest BCUT2D eigenvalue weighted by atomic mass is 32.2. The Morgan fingerprint density at radius 1 is 1.38 bits per heavy atom. The molecule has 114 valence electrons. The minimum Gasteiger partial charge on any atom is -0.312 e. The van der Waals surface area contributed by atoms with E-state index < -0.39 is 10.0 Å². The summed E-state index contributed by atoms with van der Waals surface area (Å²) in [5, 5.41) is 0. The predicted octanol–water partition coefficient (Wildman–Crippen LogP) is 1.67. The number of fused-ring (bicyclic) bond motifs is 1. The Hall–Kier alpha value is -1.40. The lowest BCUT2D eigenvalue weighted by Crippen LogP contribution is -2.34. The molecule has 1 amide bonds. The smallest absolute Gasteiger partial charge is 0.240 e. The highest BCUT2D eigenvalue weighted by Gasteiger charge is 2.32. The van der Waals surface area contributed by atoms with E-state index in [9.17, 15) is 13.2 Å². The number of nitrogens with zero attached hydrogens (tertiary/aromatic N) is 1. The van der Waals surface area contributed by atoms with Crippen molar-refractivity contribution in [2.24, 2.45) is 5.92 Å². The zero-order chi connectivity index (χ0) is 15.2. The molecule has 1 unspecified atom stereocenters. The van der Waals surface area contributed by atoms with Gasteiger partial charge >= 0.3 is 0 Å². The van der Waals surface area contributed by atoms with Crippen LogP contribution in [-0.2, 0) is 21.2 Å². The fraction of sp³-hybridized carbons (Fsp3) is 0.533. The lowest BCUT2D eigenvalue weighted by atomic mass is 10.2. The van der Waals surface area contributed by atoms with Gasteiger partial charge in [0, 0.05) is 25.2 Å². The van der Waals surface area contributed by atoms with Crippen LogP contribution in [0, 0.1) is 5.92 Å². The van der Waals surface area contributed by atoms with E-state index in [0.717, 1.165) is 24.1 Å². The van der Waals surface area contributed by atoms with E-state index in [1.165, 1.54) is 6.92 Å². The number of carbonyl (C=O) groups is 1. The van der Waals surface area contributed by atoms with Gasteiger partial charge in [0.25, 0.3) is 0 Å². The van der Waals surface area contributed by atoms with Crippen molar-refractivity contribution in [2.75, 3.05) is 11.4 Å². The molecule has 1 aromatic rings. The quantitative estimate of drug-likeness (QED) is 0.920. The summed E-state index contributed by atoms with van der Waals surface area (Å²) in [7, 11) is -3.48. The summed E-state index contributed by atoms with van der Waals surface area (Å²) in [6.07, 6.45) is 2.90. The van der Waals surface area contributed by atoms with Crippen LogP contribution >= 0.6 is 0 Å². The Kier molecular flexibility index (Phi) is 3.53. The largest absolute Gasteiger partial charge is 0.312 e. The number of nitrogens with one attached hydrogen (secondary N) is 1. The molecule has 3 rings (SSSR count). The predicted molar refractivity (Wildman–Crippen MR) is 80.7 cm³/mol. The topological polar surface area (TPSA) is 66.5 Å². The summed E-state index contributed by atoms with van der Waals surface area (Å²) in [4.78, 5) is 13.5. The Labute approximate surface area is 125 Å². The molecule has 2 aliphatic rings. The summed E-state index contributed by atoms with van der Waals surface area (Å²) >= 11 is 0. The van der Waals surface area contributed by atoms with Crippen LogP contribution in [0.2, 0.25) is 0 Å². The minimum absolute atomic E-state index is 0.00941. The third kappa shape index (κ3) is 2.82. The molecular formula is C15H20N2O3S. The first-order valence-electron chi connectivity index (χ1n) is 7.32. The minimum atomic E-state index is -3.48. The molecule has 0 saturated heterocycles. The van der Waals surface area contributed by atoms with Gasteiger partial charge in [-0.25, -0.2) is 13.1 Å². The van der Waals surface area contributed by atoms with Gasteiger partial charge in [0.05, 0.1) is 4.90 Å². The zero-order valence-corrected chi connectivity index (χ0v) is 13.1. The molecule has 1 saturated carbocycles. The van der Waals surface area contributed by atoms with Gasteiger partial charge in [0.15, 0.2) is 0 Å². The number of amides is 1. The normalized spacial score (nSPS) is 19.4. The standard InChI is InChI=1S/C15H20N2O3S/c1-10(12-3-4-12)16-21(19,20)14-5-6-15-13(9-14)7-8-17(15)11(2)18/h5-6,9-10,12,16H,3-4,7-8H2,1-2H3. The number of benzene rings is 1. The second kappa shape index (κ2) is 5.10. The van der Waals surface area contributed by atoms with Crippen molar-refractivity contribution in [1.82, 2.24) is 4.72 Å². The lowest BCUT2D eigenvalue weighted by Gasteiger charge is -2.16. The molecule has 1 atom stereocenters. The van der Waals surface area contributed by atoms with Crippen molar-refractivity contribution in [1.29, 1.82) is 0 Å². The van der Waals surface area contributed by atoms with Gasteiger partial charge in [-0.2, -0.15) is 0 Å². The van der Waals surface area contributed by atoms with Crippen LogP contribution in [-0.4, -0.2) is 26.9 Å². The molecule has 5 nitrogen and oxygen atoms in total. The average molecular weight is 308 g/mol. The van der Waals surface area contributed by atoms with E-state index in [2.05, 4.69) is 4.72 Å². The van der Waals surface area contributed by atoms with Crippen LogP contribution in [0.15, 0.2) is 23.1 Å². The molecule has 1 heterocycles. The molecule has 21 heavy (non-hydrogen) atoms. The van der Waals surface area contributed by atoms with Gasteiger partial charge in [-0.15, -0.1) is 0 Å². The third-order valence-corrected chi connectivity index (χ3v) is 5.86. The monoisotopic (exact) mass is 308 g/mol. The molecular weight excluding hydrogens is 288 g/mol. The van der Waals surface area contributed by atoms with Crippen molar-refractivity contribution < 1.29 is 13.2 Å². The van der Waals surface area contributed by atoms with Crippen molar-refractivity contribution in [3.63, 3.8) is 0 Å². The fourth-order valence-corrected chi connectivity index (χ4v) is 4.24. The van der Waals surface area contributed by atoms with E-state index in [-0.39, 0.29) is 11.9 Å². The molecule has 1 aliphatic carbocycles. The molecule has 6 heteroatoms. The van der Waals surface area contributed by atoms with Crippen LogP contribution in [0.25, 0.3) is 0 Å². The molecule has 1 aliphatic heterocycles. The lowest BCUT2D eigenvalue weighted by molar-refractivity contribution is -0.116. The summed E-state index contributed by atoms with van der Waals surface area (Å²) in [6.45, 7) is 4.07. The van der Waals surface area contributed by atoms with Gasteiger partial charge in [-0.3, -0.25) is 4.79 Å². The van der Waals surface area contributed by atoms with Crippen molar-refractivity contribution >= 4 is 21.6 Å². The number of carbonyl (C=O) groups excluding carboxylic acids is 1. The highest BCUT2D eigenvalue weighted by Crippen LogP contribution is 2.34. The maximum atomic E-state index is 12.4. The Bertz CT molecular complexity index is 680. The summed E-state index contributed by atoms with van der Waals surface area (Å²) in [6, 6.07) is 5.00. The Morgan fingerprint density at radius 2 is 2.10 bits per heavy atom. The molecule has 0 radical (unpaired) electrons. The first-order valence-corrected chi connectivity index (χ1v) is 8.80. The van der Waals surface area contributed by atoms with Crippen LogP contribution in [0.4, 0.5) is 5.69 Å². The second-order valence-corrected chi connectivity index (χ2v) is 7.67. The van der Waals surface area contributed by atoms with Crippen LogP contribution in [0.3, 0.4) is 0 Å². The van der Waals surface area contributed by atoms with Gasteiger partial charge in [-0.05, 0) is 55.9 Å².